The summed E-state index contributed by atoms with van der Waals surface area (Å²) < 4.78 is 24.4. The van der Waals surface area contributed by atoms with E-state index in [0.717, 1.165) is 22.7 Å². The highest BCUT2D eigenvalue weighted by Gasteiger charge is 2.36. The summed E-state index contributed by atoms with van der Waals surface area (Å²) in [6.07, 6.45) is 1.55. The summed E-state index contributed by atoms with van der Waals surface area (Å²) in [4.78, 5) is 38.4. The van der Waals surface area contributed by atoms with Gasteiger partial charge in [0.25, 0.3) is 11.1 Å². The van der Waals surface area contributed by atoms with E-state index in [1.807, 2.05) is 13.8 Å². The van der Waals surface area contributed by atoms with Crippen LogP contribution in [0.1, 0.15) is 19.4 Å². The van der Waals surface area contributed by atoms with E-state index >= 15 is 0 Å². The largest absolute Gasteiger partial charge is 0.493 e. The third-order valence-corrected chi connectivity index (χ3v) is 5.63. The second-order valence-electron chi connectivity index (χ2n) is 7.56. The lowest BCUT2D eigenvalue weighted by Crippen LogP contribution is -2.36. The molecule has 0 saturated carbocycles. The fourth-order valence-corrected chi connectivity index (χ4v) is 3.87. The number of carbonyl (C=O) groups is 3. The third-order valence-electron chi connectivity index (χ3n) is 4.44. The molecular weight excluding hydrogens is 471 g/mol. The minimum absolute atomic E-state index is 0.155. The minimum atomic E-state index is -0.623. The first-order valence-corrected chi connectivity index (χ1v) is 11.2. The number of nitrogens with one attached hydrogen (secondary N) is 1. The normalized spacial score (nSPS) is 14.8. The lowest BCUT2D eigenvalue weighted by atomic mass is 10.1. The molecule has 2 aromatic carbocycles. The summed E-state index contributed by atoms with van der Waals surface area (Å²) in [5.74, 6) is -0.402. The van der Waals surface area contributed by atoms with Crippen LogP contribution in [0.25, 0.3) is 6.08 Å². The molecule has 1 fully saturated rings. The van der Waals surface area contributed by atoms with Crippen LogP contribution in [-0.2, 0) is 9.59 Å². The van der Waals surface area contributed by atoms with Crippen molar-refractivity contribution in [3.63, 3.8) is 0 Å². The Balaban J connectivity index is 1.70. The number of ether oxygens (including phenoxy) is 2. The van der Waals surface area contributed by atoms with Gasteiger partial charge >= 0.3 is 0 Å². The van der Waals surface area contributed by atoms with Crippen LogP contribution in [-0.4, -0.2) is 42.2 Å². The highest BCUT2D eigenvalue weighted by molar-refractivity contribution is 8.18. The molecule has 1 saturated heterocycles. The number of imide groups is 1. The Morgan fingerprint density at radius 3 is 2.64 bits per heavy atom. The Bertz CT molecular complexity index is 1120. The first-order valence-electron chi connectivity index (χ1n) is 9.99. The first-order chi connectivity index (χ1) is 15.7. The Hall–Kier alpha value is -3.04. The molecule has 0 atom stereocenters. The molecule has 3 rings (SSSR count). The number of hydrogen-bond donors (Lipinski definition) is 1. The molecule has 0 radical (unpaired) electrons. The average molecular weight is 493 g/mol. The number of carbonyl (C=O) groups excluding carboxylic acids is 3. The molecule has 0 bridgehead atoms. The SMILES string of the molecule is COc1cc(/C=C2\SC(=O)N(CC(=O)Nc3ccc(F)c(Cl)c3)C2=O)ccc1OCC(C)C. The Kier molecular flexibility index (Phi) is 7.99. The summed E-state index contributed by atoms with van der Waals surface area (Å²) in [5, 5.41) is 1.77. The zero-order chi connectivity index (χ0) is 24.1. The molecule has 0 unspecified atom stereocenters. The summed E-state index contributed by atoms with van der Waals surface area (Å²) >= 11 is 6.44. The van der Waals surface area contributed by atoms with E-state index in [1.54, 1.807) is 24.3 Å². The maximum atomic E-state index is 13.3. The molecule has 2 aromatic rings. The van der Waals surface area contributed by atoms with Gasteiger partial charge in [0.2, 0.25) is 5.91 Å². The van der Waals surface area contributed by atoms with Gasteiger partial charge in [-0.05, 0) is 59.7 Å². The zero-order valence-electron chi connectivity index (χ0n) is 18.2. The van der Waals surface area contributed by atoms with E-state index in [0.29, 0.717) is 29.6 Å². The van der Waals surface area contributed by atoms with Gasteiger partial charge < -0.3 is 14.8 Å². The van der Waals surface area contributed by atoms with Crippen molar-refractivity contribution in [2.24, 2.45) is 5.92 Å². The quantitative estimate of drug-likeness (QED) is 0.510. The third kappa shape index (κ3) is 6.27. The van der Waals surface area contributed by atoms with Crippen LogP contribution in [0.4, 0.5) is 14.9 Å². The van der Waals surface area contributed by atoms with Crippen molar-refractivity contribution in [2.45, 2.75) is 13.8 Å². The molecule has 1 heterocycles. The molecule has 0 aromatic heterocycles. The van der Waals surface area contributed by atoms with Crippen LogP contribution in [0.3, 0.4) is 0 Å². The molecule has 1 aliphatic heterocycles. The number of halogens is 2. The Morgan fingerprint density at radius 2 is 1.97 bits per heavy atom. The predicted octanol–water partition coefficient (Wildman–Crippen LogP) is 5.20. The van der Waals surface area contributed by atoms with Crippen molar-refractivity contribution >= 4 is 52.2 Å². The summed E-state index contributed by atoms with van der Waals surface area (Å²) in [5.41, 5.74) is 0.889. The molecule has 1 aliphatic rings. The predicted molar refractivity (Wildman–Crippen MR) is 126 cm³/mol. The van der Waals surface area contributed by atoms with Crippen LogP contribution in [0, 0.1) is 11.7 Å². The van der Waals surface area contributed by atoms with Crippen LogP contribution in [0.2, 0.25) is 5.02 Å². The minimum Gasteiger partial charge on any atom is -0.493 e. The van der Waals surface area contributed by atoms with Gasteiger partial charge in [-0.1, -0.05) is 31.5 Å². The molecule has 0 aliphatic carbocycles. The van der Waals surface area contributed by atoms with E-state index in [4.69, 9.17) is 21.1 Å². The van der Waals surface area contributed by atoms with E-state index in [2.05, 4.69) is 5.32 Å². The number of methoxy groups -OCH3 is 1. The van der Waals surface area contributed by atoms with Gasteiger partial charge in [-0.25, -0.2) is 4.39 Å². The van der Waals surface area contributed by atoms with Gasteiger partial charge in [-0.15, -0.1) is 0 Å². The van der Waals surface area contributed by atoms with Crippen LogP contribution in [0.5, 0.6) is 11.5 Å². The fourth-order valence-electron chi connectivity index (χ4n) is 2.86. The fraction of sp³-hybridized carbons (Fsp3) is 0.261. The molecule has 174 valence electrons. The van der Waals surface area contributed by atoms with E-state index in [9.17, 15) is 18.8 Å². The van der Waals surface area contributed by atoms with Crippen molar-refractivity contribution < 1.29 is 28.2 Å². The number of amides is 3. The van der Waals surface area contributed by atoms with E-state index < -0.39 is 29.4 Å². The van der Waals surface area contributed by atoms with Gasteiger partial charge in [0.1, 0.15) is 12.4 Å². The number of nitrogens with zero attached hydrogens (tertiary/aromatic N) is 1. The molecular formula is C23H22ClFN2O5S. The number of thioether (sulfide) groups is 1. The lowest BCUT2D eigenvalue weighted by molar-refractivity contribution is -0.127. The van der Waals surface area contributed by atoms with Crippen molar-refractivity contribution in [1.29, 1.82) is 0 Å². The van der Waals surface area contributed by atoms with Crippen LogP contribution < -0.4 is 14.8 Å². The first kappa shape index (κ1) is 24.6. The Morgan fingerprint density at radius 1 is 1.21 bits per heavy atom. The molecule has 0 spiro atoms. The lowest BCUT2D eigenvalue weighted by Gasteiger charge is -2.13. The van der Waals surface area contributed by atoms with Crippen molar-refractivity contribution in [3.8, 4) is 11.5 Å². The Labute approximate surface area is 199 Å². The van der Waals surface area contributed by atoms with Gasteiger partial charge in [0.05, 0.1) is 23.6 Å². The molecule has 7 nitrogen and oxygen atoms in total. The van der Waals surface area contributed by atoms with Crippen LogP contribution in [0.15, 0.2) is 41.3 Å². The average Bonchev–Trinajstić information content (AvgIpc) is 3.02. The van der Waals surface area contributed by atoms with E-state index in [-0.39, 0.29) is 15.6 Å². The number of hydrogen-bond acceptors (Lipinski definition) is 6. The van der Waals surface area contributed by atoms with Crippen molar-refractivity contribution in [2.75, 3.05) is 25.6 Å². The highest BCUT2D eigenvalue weighted by atomic mass is 35.5. The summed E-state index contributed by atoms with van der Waals surface area (Å²) in [7, 11) is 1.52. The second kappa shape index (κ2) is 10.7. The standard InChI is InChI=1S/C23H22ClFN2O5S/c1-13(2)12-32-18-7-4-14(8-19(18)31-3)9-20-22(29)27(23(30)33-20)11-21(28)26-15-5-6-17(25)16(24)10-15/h4-10,13H,11-12H2,1-3H3,(H,26,28)/b20-9-. The van der Waals surface area contributed by atoms with Crippen molar-refractivity contribution in [1.82, 2.24) is 4.90 Å². The molecule has 33 heavy (non-hydrogen) atoms. The van der Waals surface area contributed by atoms with Crippen molar-refractivity contribution in [3.05, 3.63) is 57.7 Å². The van der Waals surface area contributed by atoms with Gasteiger partial charge in [0.15, 0.2) is 11.5 Å². The zero-order valence-corrected chi connectivity index (χ0v) is 19.8. The van der Waals surface area contributed by atoms with E-state index in [1.165, 1.54) is 19.2 Å². The molecule has 1 N–H and O–H groups in total. The second-order valence-corrected chi connectivity index (χ2v) is 8.96. The van der Waals surface area contributed by atoms with Gasteiger partial charge in [-0.2, -0.15) is 0 Å². The number of rotatable bonds is 8. The highest BCUT2D eigenvalue weighted by Crippen LogP contribution is 2.34. The topological polar surface area (TPSA) is 84.9 Å². The van der Waals surface area contributed by atoms with Gasteiger partial charge in [-0.3, -0.25) is 19.3 Å². The maximum Gasteiger partial charge on any atom is 0.294 e. The number of benzene rings is 2. The summed E-state index contributed by atoms with van der Waals surface area (Å²) in [6.45, 7) is 4.11. The molecule has 3 amide bonds. The summed E-state index contributed by atoms with van der Waals surface area (Å²) in [6, 6.07) is 8.86. The monoisotopic (exact) mass is 492 g/mol. The maximum absolute atomic E-state index is 13.3. The van der Waals surface area contributed by atoms with Gasteiger partial charge in [0, 0.05) is 5.69 Å². The van der Waals surface area contributed by atoms with Crippen LogP contribution >= 0.6 is 23.4 Å². The number of anilines is 1. The molecule has 10 heteroatoms. The smallest absolute Gasteiger partial charge is 0.294 e.